The molecular weight excluding hydrogens is 506 g/mol. The van der Waals surface area contributed by atoms with E-state index in [1.54, 1.807) is 30.3 Å². The molecule has 39 heavy (non-hydrogen) atoms. The number of rotatable bonds is 14. The minimum absolute atomic E-state index is 0.0529. The summed E-state index contributed by atoms with van der Waals surface area (Å²) in [7, 11) is 4.39. The van der Waals surface area contributed by atoms with Gasteiger partial charge in [-0.15, -0.1) is 0 Å². The molecule has 6 N–H and O–H groups in total. The van der Waals surface area contributed by atoms with Gasteiger partial charge in [-0.05, 0) is 80.1 Å². The molecule has 0 radical (unpaired) electrons. The number of ether oxygens (including phenoxy) is 4. The highest BCUT2D eigenvalue weighted by molar-refractivity contribution is 5.53. The number of benzene rings is 2. The number of hydrogen-bond acceptors (Lipinski definition) is 10. The van der Waals surface area contributed by atoms with Gasteiger partial charge in [-0.3, -0.25) is 0 Å². The molecule has 1 saturated carbocycles. The van der Waals surface area contributed by atoms with Crippen molar-refractivity contribution < 1.29 is 44.5 Å². The Morgan fingerprint density at radius 1 is 0.949 bits per heavy atom. The van der Waals surface area contributed by atoms with Crippen molar-refractivity contribution in [3.63, 3.8) is 0 Å². The fourth-order valence-electron chi connectivity index (χ4n) is 5.77. The predicted molar refractivity (Wildman–Crippen MR) is 145 cm³/mol. The maximum absolute atomic E-state index is 11.7. The van der Waals surface area contributed by atoms with E-state index in [0.29, 0.717) is 38.0 Å². The summed E-state index contributed by atoms with van der Waals surface area (Å²) < 4.78 is 21.6. The molecule has 0 heterocycles. The lowest BCUT2D eigenvalue weighted by atomic mass is 9.66. The highest BCUT2D eigenvalue weighted by Crippen LogP contribution is 2.42. The lowest BCUT2D eigenvalue weighted by molar-refractivity contribution is -0.156. The van der Waals surface area contributed by atoms with E-state index in [9.17, 15) is 25.5 Å². The second-order valence-electron chi connectivity index (χ2n) is 10.0. The standard InChI is InChI=1S/C29H43NO9/c1-5-30-15-19-14-22(33)20(10-18-12-25(37-3)29(35)26(13-18)38-4)28(34)27(19)23(39-16-31)9-7-17-6-8-21(32)24(11-17)36-2/h6,8,11-13,19-20,22-23,27-28,30-35H,5,7,9-10,14-16H2,1-4H3/t19-,20-,22+,23+,27-,28+/m1/s1. The summed E-state index contributed by atoms with van der Waals surface area (Å²) >= 11 is 0. The molecule has 10 nitrogen and oxygen atoms in total. The third-order valence-corrected chi connectivity index (χ3v) is 7.76. The molecule has 0 aliphatic heterocycles. The topological polar surface area (TPSA) is 150 Å². The molecule has 1 aliphatic carbocycles. The molecule has 218 valence electrons. The van der Waals surface area contributed by atoms with Gasteiger partial charge in [-0.2, -0.15) is 0 Å². The van der Waals surface area contributed by atoms with E-state index in [1.165, 1.54) is 21.3 Å². The number of aliphatic hydroxyl groups excluding tert-OH is 3. The van der Waals surface area contributed by atoms with E-state index in [2.05, 4.69) is 5.32 Å². The Balaban J connectivity index is 1.88. The number of hydrogen-bond donors (Lipinski definition) is 6. The van der Waals surface area contributed by atoms with Crippen molar-refractivity contribution in [2.45, 2.75) is 50.9 Å². The van der Waals surface area contributed by atoms with Crippen LogP contribution in [-0.2, 0) is 17.6 Å². The molecule has 3 rings (SSSR count). The van der Waals surface area contributed by atoms with Crippen LogP contribution in [-0.4, -0.2) is 85.1 Å². The molecule has 6 atom stereocenters. The third-order valence-electron chi connectivity index (χ3n) is 7.76. The van der Waals surface area contributed by atoms with Gasteiger partial charge in [-0.1, -0.05) is 13.0 Å². The normalized spacial score (nSPS) is 23.8. The zero-order chi connectivity index (χ0) is 28.5. The Morgan fingerprint density at radius 3 is 2.18 bits per heavy atom. The third kappa shape index (κ3) is 7.46. The molecule has 0 saturated heterocycles. The van der Waals surface area contributed by atoms with E-state index in [-0.39, 0.29) is 34.8 Å². The SMILES string of the molecule is CCNC[C@H]1C[C@H](O)[C@@H](Cc2cc(OC)c(O)c(OC)c2)[C@H](O)[C@H]1[C@H](CCc1ccc(O)c(OC)c1)OCO. The summed E-state index contributed by atoms with van der Waals surface area (Å²) in [5.41, 5.74) is 1.66. The highest BCUT2D eigenvalue weighted by atomic mass is 16.6. The molecular formula is C29H43NO9. The molecule has 0 bridgehead atoms. The van der Waals surface area contributed by atoms with Crippen LogP contribution in [0.2, 0.25) is 0 Å². The Hall–Kier alpha value is -2.76. The number of aromatic hydroxyl groups is 2. The first-order chi connectivity index (χ1) is 18.8. The Morgan fingerprint density at radius 2 is 1.59 bits per heavy atom. The van der Waals surface area contributed by atoms with Gasteiger partial charge in [0.25, 0.3) is 0 Å². The van der Waals surface area contributed by atoms with E-state index in [4.69, 9.17) is 18.9 Å². The summed E-state index contributed by atoms with van der Waals surface area (Å²) in [5.74, 6) is -0.182. The molecule has 1 aliphatic rings. The van der Waals surface area contributed by atoms with E-state index >= 15 is 0 Å². The molecule has 0 amide bonds. The summed E-state index contributed by atoms with van der Waals surface area (Å²) in [5, 5.41) is 56.2. The van der Waals surface area contributed by atoms with Gasteiger partial charge in [0.05, 0.1) is 39.6 Å². The molecule has 2 aromatic rings. The van der Waals surface area contributed by atoms with Crippen LogP contribution in [0.25, 0.3) is 0 Å². The van der Waals surface area contributed by atoms with Crippen molar-refractivity contribution in [1.82, 2.24) is 5.32 Å². The second kappa shape index (κ2) is 14.6. The van der Waals surface area contributed by atoms with Gasteiger partial charge < -0.3 is 49.8 Å². The first kappa shape index (κ1) is 30.8. The van der Waals surface area contributed by atoms with E-state index in [1.807, 2.05) is 6.92 Å². The largest absolute Gasteiger partial charge is 0.504 e. The number of nitrogens with one attached hydrogen (secondary N) is 1. The first-order valence-electron chi connectivity index (χ1n) is 13.4. The first-order valence-corrected chi connectivity index (χ1v) is 13.4. The summed E-state index contributed by atoms with van der Waals surface area (Å²) in [6.07, 6.45) is -0.367. The number of phenols is 2. The number of aliphatic hydroxyl groups is 3. The lowest BCUT2D eigenvalue weighted by Gasteiger charge is -2.46. The van der Waals surface area contributed by atoms with Gasteiger partial charge in [0, 0.05) is 11.8 Å². The van der Waals surface area contributed by atoms with Gasteiger partial charge in [0.15, 0.2) is 23.0 Å². The van der Waals surface area contributed by atoms with Crippen LogP contribution in [0.1, 0.15) is 30.9 Å². The van der Waals surface area contributed by atoms with Crippen molar-refractivity contribution >= 4 is 0 Å². The van der Waals surface area contributed by atoms with Gasteiger partial charge in [0.1, 0.15) is 6.79 Å². The molecule has 1 fully saturated rings. The summed E-state index contributed by atoms with van der Waals surface area (Å²) in [4.78, 5) is 0. The highest BCUT2D eigenvalue weighted by Gasteiger charge is 2.46. The van der Waals surface area contributed by atoms with Crippen LogP contribution >= 0.6 is 0 Å². The molecule has 0 spiro atoms. The molecule has 0 unspecified atom stereocenters. The second-order valence-corrected chi connectivity index (χ2v) is 10.0. The van der Waals surface area contributed by atoms with Crippen molar-refractivity contribution in [3.05, 3.63) is 41.5 Å². The quantitative estimate of drug-likeness (QED) is 0.194. The van der Waals surface area contributed by atoms with Crippen LogP contribution in [0.5, 0.6) is 28.7 Å². The van der Waals surface area contributed by atoms with Crippen molar-refractivity contribution in [3.8, 4) is 28.7 Å². The monoisotopic (exact) mass is 549 g/mol. The van der Waals surface area contributed by atoms with Crippen LogP contribution in [0.3, 0.4) is 0 Å². The Bertz CT molecular complexity index is 1020. The van der Waals surface area contributed by atoms with E-state index < -0.39 is 31.0 Å². The lowest BCUT2D eigenvalue weighted by Crippen LogP contribution is -2.54. The maximum Gasteiger partial charge on any atom is 0.200 e. The minimum Gasteiger partial charge on any atom is -0.504 e. The Kier molecular flexibility index (Phi) is 11.5. The van der Waals surface area contributed by atoms with Crippen molar-refractivity contribution in [2.24, 2.45) is 17.8 Å². The molecule has 10 heteroatoms. The zero-order valence-corrected chi connectivity index (χ0v) is 23.2. The predicted octanol–water partition coefficient (Wildman–Crippen LogP) is 2.22. The Labute approximate surface area is 230 Å². The number of aryl methyl sites for hydroxylation is 1. The van der Waals surface area contributed by atoms with Gasteiger partial charge >= 0.3 is 0 Å². The minimum atomic E-state index is -0.936. The number of methoxy groups -OCH3 is 3. The van der Waals surface area contributed by atoms with Crippen LogP contribution in [0, 0.1) is 17.8 Å². The van der Waals surface area contributed by atoms with Crippen LogP contribution < -0.4 is 19.5 Å². The van der Waals surface area contributed by atoms with Gasteiger partial charge in [-0.25, -0.2) is 0 Å². The van der Waals surface area contributed by atoms with Gasteiger partial charge in [0.2, 0.25) is 5.75 Å². The average Bonchev–Trinajstić information content (AvgIpc) is 2.93. The fraction of sp³-hybridized carbons (Fsp3) is 0.586. The molecule has 2 aromatic carbocycles. The number of phenolic OH excluding ortho intramolecular Hbond substituents is 2. The fourth-order valence-corrected chi connectivity index (χ4v) is 5.77. The van der Waals surface area contributed by atoms with Crippen molar-refractivity contribution in [1.29, 1.82) is 0 Å². The maximum atomic E-state index is 11.7. The summed E-state index contributed by atoms with van der Waals surface area (Å²) in [6, 6.07) is 8.50. The van der Waals surface area contributed by atoms with Crippen LogP contribution in [0.4, 0.5) is 0 Å². The van der Waals surface area contributed by atoms with E-state index in [0.717, 1.165) is 17.7 Å². The molecule has 0 aromatic heterocycles. The van der Waals surface area contributed by atoms with Crippen LogP contribution in [0.15, 0.2) is 30.3 Å². The van der Waals surface area contributed by atoms with Crippen molar-refractivity contribution in [2.75, 3.05) is 41.2 Å². The average molecular weight is 550 g/mol. The zero-order valence-electron chi connectivity index (χ0n) is 23.2. The summed E-state index contributed by atoms with van der Waals surface area (Å²) in [6.45, 7) is 2.82. The smallest absolute Gasteiger partial charge is 0.200 e.